The minimum atomic E-state index is -0.395. The van der Waals surface area contributed by atoms with Gasteiger partial charge in [0.1, 0.15) is 5.75 Å². The highest BCUT2D eigenvalue weighted by Gasteiger charge is 2.20. The number of rotatable bonds is 8. The fourth-order valence-corrected chi connectivity index (χ4v) is 4.56. The number of para-hydroxylation sites is 1. The minimum absolute atomic E-state index is 0.0469. The summed E-state index contributed by atoms with van der Waals surface area (Å²) in [5, 5.41) is 20.8. The van der Waals surface area contributed by atoms with Gasteiger partial charge in [0.15, 0.2) is 11.0 Å². The maximum Gasteiger partial charge on any atom is 0.270 e. The van der Waals surface area contributed by atoms with Gasteiger partial charge in [0.25, 0.3) is 5.69 Å². The summed E-state index contributed by atoms with van der Waals surface area (Å²) in [4.78, 5) is 13.2. The van der Waals surface area contributed by atoms with Crippen LogP contribution in [0, 0.1) is 10.1 Å². The first-order valence-electron chi connectivity index (χ1n) is 9.82. The lowest BCUT2D eigenvalue weighted by molar-refractivity contribution is -0.384. The molecule has 156 valence electrons. The summed E-state index contributed by atoms with van der Waals surface area (Å²) >= 11 is 1.49. The number of nitro benzene ring substituents is 1. The van der Waals surface area contributed by atoms with Gasteiger partial charge >= 0.3 is 0 Å². The Bertz CT molecular complexity index is 1020. The lowest BCUT2D eigenvalue weighted by Gasteiger charge is -2.16. The molecule has 1 aromatic heterocycles. The van der Waals surface area contributed by atoms with Crippen molar-refractivity contribution in [1.82, 2.24) is 19.7 Å². The van der Waals surface area contributed by atoms with E-state index in [2.05, 4.69) is 19.7 Å². The molecule has 3 aromatic rings. The largest absolute Gasteiger partial charge is 0.496 e. The van der Waals surface area contributed by atoms with Gasteiger partial charge in [0.2, 0.25) is 0 Å². The highest BCUT2D eigenvalue weighted by molar-refractivity contribution is 7.98. The Morgan fingerprint density at radius 1 is 1.13 bits per heavy atom. The van der Waals surface area contributed by atoms with Crippen molar-refractivity contribution in [2.45, 2.75) is 30.3 Å². The predicted molar refractivity (Wildman–Crippen MR) is 115 cm³/mol. The lowest BCUT2D eigenvalue weighted by Crippen LogP contribution is -2.21. The normalized spacial score (nSPS) is 14.2. The van der Waals surface area contributed by atoms with E-state index in [9.17, 15) is 10.1 Å². The van der Waals surface area contributed by atoms with Crippen LogP contribution >= 0.6 is 11.8 Å². The molecule has 1 fully saturated rings. The van der Waals surface area contributed by atoms with Crippen molar-refractivity contribution in [3.05, 3.63) is 70.0 Å². The van der Waals surface area contributed by atoms with E-state index in [0.717, 1.165) is 41.9 Å². The number of hydrogen-bond acceptors (Lipinski definition) is 7. The molecule has 0 N–H and O–H groups in total. The molecule has 0 bridgehead atoms. The zero-order valence-electron chi connectivity index (χ0n) is 16.7. The van der Waals surface area contributed by atoms with Gasteiger partial charge < -0.3 is 4.74 Å². The Hall–Kier alpha value is -2.91. The monoisotopic (exact) mass is 425 g/mol. The van der Waals surface area contributed by atoms with E-state index in [0.29, 0.717) is 11.5 Å². The van der Waals surface area contributed by atoms with Crippen LogP contribution in [0.5, 0.6) is 5.75 Å². The third-order valence-corrected chi connectivity index (χ3v) is 6.09. The standard InChI is InChI=1S/C21H23N5O3S/c1-29-19-10-9-18(26(27)28)13-16(19)15-30-21-23-22-20(14-24-11-5-6-12-24)25(21)17-7-3-2-4-8-17/h2-4,7-10,13H,5-6,11-12,14-15H2,1H3. The number of methoxy groups -OCH3 is 1. The summed E-state index contributed by atoms with van der Waals surface area (Å²) in [5.74, 6) is 2.01. The van der Waals surface area contributed by atoms with Crippen LogP contribution in [0.4, 0.5) is 5.69 Å². The molecule has 1 saturated heterocycles. The molecule has 1 aliphatic heterocycles. The average molecular weight is 426 g/mol. The lowest BCUT2D eigenvalue weighted by atomic mass is 10.2. The van der Waals surface area contributed by atoms with Gasteiger partial charge in [-0.3, -0.25) is 19.6 Å². The number of hydrogen-bond donors (Lipinski definition) is 0. The van der Waals surface area contributed by atoms with Crippen molar-refractivity contribution in [2.24, 2.45) is 0 Å². The fraction of sp³-hybridized carbons (Fsp3) is 0.333. The first kappa shape index (κ1) is 20.4. The number of ether oxygens (including phenoxy) is 1. The number of non-ortho nitro benzene ring substituents is 1. The maximum atomic E-state index is 11.2. The van der Waals surface area contributed by atoms with Gasteiger partial charge in [-0.2, -0.15) is 0 Å². The number of thioether (sulfide) groups is 1. The molecule has 8 nitrogen and oxygen atoms in total. The summed E-state index contributed by atoms with van der Waals surface area (Å²) in [6.07, 6.45) is 2.43. The van der Waals surface area contributed by atoms with E-state index in [1.807, 2.05) is 30.3 Å². The van der Waals surface area contributed by atoms with Crippen molar-refractivity contribution < 1.29 is 9.66 Å². The summed E-state index contributed by atoms with van der Waals surface area (Å²) in [6, 6.07) is 14.7. The second kappa shape index (κ2) is 9.27. The van der Waals surface area contributed by atoms with Crippen LogP contribution in [0.3, 0.4) is 0 Å². The molecule has 4 rings (SSSR count). The fourth-order valence-electron chi connectivity index (χ4n) is 3.61. The summed E-state index contributed by atoms with van der Waals surface area (Å²) in [5.41, 5.74) is 1.80. The van der Waals surface area contributed by atoms with Crippen molar-refractivity contribution >= 4 is 17.4 Å². The number of nitro groups is 1. The van der Waals surface area contributed by atoms with Gasteiger partial charge in [-0.1, -0.05) is 30.0 Å². The van der Waals surface area contributed by atoms with Crippen molar-refractivity contribution in [3.8, 4) is 11.4 Å². The summed E-state index contributed by atoms with van der Waals surface area (Å²) in [7, 11) is 1.57. The number of benzene rings is 2. The third kappa shape index (κ3) is 4.47. The van der Waals surface area contributed by atoms with Crippen molar-refractivity contribution in [2.75, 3.05) is 20.2 Å². The highest BCUT2D eigenvalue weighted by Crippen LogP contribution is 2.31. The van der Waals surface area contributed by atoms with Crippen LogP contribution in [0.25, 0.3) is 5.69 Å². The maximum absolute atomic E-state index is 11.2. The molecule has 0 radical (unpaired) electrons. The van der Waals surface area contributed by atoms with Gasteiger partial charge in [0.05, 0.1) is 18.6 Å². The van der Waals surface area contributed by atoms with Gasteiger partial charge in [0, 0.05) is 29.1 Å². The van der Waals surface area contributed by atoms with Crippen LogP contribution in [-0.2, 0) is 12.3 Å². The molecule has 9 heteroatoms. The number of likely N-dealkylation sites (tertiary alicyclic amines) is 1. The van der Waals surface area contributed by atoms with Crippen LogP contribution in [0.1, 0.15) is 24.2 Å². The van der Waals surface area contributed by atoms with E-state index in [1.54, 1.807) is 19.2 Å². The van der Waals surface area contributed by atoms with Crippen molar-refractivity contribution in [1.29, 1.82) is 0 Å². The molecule has 0 unspecified atom stereocenters. The summed E-state index contributed by atoms with van der Waals surface area (Å²) < 4.78 is 7.47. The molecule has 2 heterocycles. The molecule has 30 heavy (non-hydrogen) atoms. The molecule has 0 saturated carbocycles. The van der Waals surface area contributed by atoms with Crippen LogP contribution in [0.15, 0.2) is 53.7 Å². The van der Waals surface area contributed by atoms with E-state index >= 15 is 0 Å². The predicted octanol–water partition coefficient (Wildman–Crippen LogP) is 4.07. The molecule has 0 spiro atoms. The summed E-state index contributed by atoms with van der Waals surface area (Å²) in [6.45, 7) is 2.91. The third-order valence-electron chi connectivity index (χ3n) is 5.11. The molecule has 0 aliphatic carbocycles. The van der Waals surface area contributed by atoms with E-state index in [4.69, 9.17) is 4.74 Å². The average Bonchev–Trinajstić information content (AvgIpc) is 3.43. The van der Waals surface area contributed by atoms with E-state index in [-0.39, 0.29) is 5.69 Å². The van der Waals surface area contributed by atoms with Crippen LogP contribution < -0.4 is 4.74 Å². The Balaban J connectivity index is 1.62. The first-order chi connectivity index (χ1) is 14.7. The molecule has 2 aromatic carbocycles. The first-order valence-corrected chi connectivity index (χ1v) is 10.8. The SMILES string of the molecule is COc1ccc([N+](=O)[O-])cc1CSc1nnc(CN2CCCC2)n1-c1ccccc1. The zero-order chi connectivity index (χ0) is 20.9. The zero-order valence-corrected chi connectivity index (χ0v) is 17.5. The molecular formula is C21H23N5O3S. The second-order valence-electron chi connectivity index (χ2n) is 7.09. The Kier molecular flexibility index (Phi) is 6.29. The minimum Gasteiger partial charge on any atom is -0.496 e. The Morgan fingerprint density at radius 2 is 1.90 bits per heavy atom. The van der Waals surface area contributed by atoms with Crippen LogP contribution in [0.2, 0.25) is 0 Å². The van der Waals surface area contributed by atoms with Crippen molar-refractivity contribution in [3.63, 3.8) is 0 Å². The quantitative estimate of drug-likeness (QED) is 0.305. The van der Waals surface area contributed by atoms with Gasteiger partial charge in [-0.25, -0.2) is 0 Å². The molecule has 0 amide bonds. The second-order valence-corrected chi connectivity index (χ2v) is 8.04. The number of nitrogens with zero attached hydrogens (tertiary/aromatic N) is 5. The highest BCUT2D eigenvalue weighted by atomic mass is 32.2. The van der Waals surface area contributed by atoms with Gasteiger partial charge in [-0.05, 0) is 44.1 Å². The Morgan fingerprint density at radius 3 is 2.60 bits per heavy atom. The smallest absolute Gasteiger partial charge is 0.270 e. The van der Waals surface area contributed by atoms with E-state index in [1.165, 1.54) is 30.7 Å². The molecule has 1 aliphatic rings. The van der Waals surface area contributed by atoms with E-state index < -0.39 is 4.92 Å². The molecular weight excluding hydrogens is 402 g/mol. The number of aromatic nitrogens is 3. The van der Waals surface area contributed by atoms with Gasteiger partial charge in [-0.15, -0.1) is 10.2 Å². The van der Waals surface area contributed by atoms with Crippen LogP contribution in [-0.4, -0.2) is 44.8 Å². The molecule has 0 atom stereocenters. The Labute approximate surface area is 179 Å². The topological polar surface area (TPSA) is 86.3 Å².